The van der Waals surface area contributed by atoms with E-state index in [1.54, 1.807) is 0 Å². The van der Waals surface area contributed by atoms with Crippen molar-refractivity contribution < 1.29 is 4.74 Å². The molecule has 2 saturated heterocycles. The molecule has 3 aliphatic rings. The third-order valence-corrected chi connectivity index (χ3v) is 6.78. The smallest absolute Gasteiger partial charge is 0.101 e. The molecule has 4 atom stereocenters. The van der Waals surface area contributed by atoms with Crippen LogP contribution in [0, 0.1) is 5.92 Å². The fourth-order valence-corrected chi connectivity index (χ4v) is 5.34. The van der Waals surface area contributed by atoms with Gasteiger partial charge >= 0.3 is 0 Å². The zero-order valence-corrected chi connectivity index (χ0v) is 16.6. The topological polar surface area (TPSA) is 42.3 Å². The molecular formula is C21H36N4O. The van der Waals surface area contributed by atoms with Gasteiger partial charge in [-0.25, -0.2) is 0 Å². The van der Waals surface area contributed by atoms with E-state index >= 15 is 0 Å². The zero-order valence-electron chi connectivity index (χ0n) is 16.6. The van der Waals surface area contributed by atoms with Gasteiger partial charge in [0.05, 0.1) is 6.20 Å². The van der Waals surface area contributed by atoms with Gasteiger partial charge in [0.2, 0.25) is 0 Å². The summed E-state index contributed by atoms with van der Waals surface area (Å²) in [7, 11) is 1.98. The second kappa shape index (κ2) is 8.41. The van der Waals surface area contributed by atoms with Gasteiger partial charge in [0.1, 0.15) is 6.10 Å². The first kappa shape index (κ1) is 18.5. The first-order chi connectivity index (χ1) is 12.7. The molecule has 1 aromatic rings. The number of rotatable bonds is 4. The molecule has 0 unspecified atom stereocenters. The van der Waals surface area contributed by atoms with Gasteiger partial charge in [-0.3, -0.25) is 4.68 Å². The number of piperidine rings is 1. The van der Waals surface area contributed by atoms with Crippen LogP contribution in [-0.2, 0) is 11.8 Å². The molecule has 0 bridgehead atoms. The SMILES string of the molecule is C[C@@H]1CCC[C@@H](N2CCC(N[C@H]3CCCO[C@@H]3c3cnn(C)c3)CC2)C1. The highest BCUT2D eigenvalue weighted by Gasteiger charge is 2.33. The fraction of sp³-hybridized carbons (Fsp3) is 0.857. The summed E-state index contributed by atoms with van der Waals surface area (Å²) in [5, 5.41) is 8.30. The highest BCUT2D eigenvalue weighted by atomic mass is 16.5. The average Bonchev–Trinajstić information content (AvgIpc) is 3.09. The lowest BCUT2D eigenvalue weighted by Crippen LogP contribution is -2.51. The Morgan fingerprint density at radius 1 is 1.12 bits per heavy atom. The molecule has 1 saturated carbocycles. The average molecular weight is 361 g/mol. The van der Waals surface area contributed by atoms with Crippen LogP contribution in [0.5, 0.6) is 0 Å². The van der Waals surface area contributed by atoms with Crippen molar-refractivity contribution in [3.8, 4) is 0 Å². The fourth-order valence-electron chi connectivity index (χ4n) is 5.34. The minimum Gasteiger partial charge on any atom is -0.372 e. The van der Waals surface area contributed by atoms with Crippen molar-refractivity contribution in [1.29, 1.82) is 0 Å². The summed E-state index contributed by atoms with van der Waals surface area (Å²) in [5.41, 5.74) is 1.22. The quantitative estimate of drug-likeness (QED) is 0.895. The third kappa shape index (κ3) is 4.32. The first-order valence-electron chi connectivity index (χ1n) is 10.8. The number of likely N-dealkylation sites (tertiary alicyclic amines) is 1. The van der Waals surface area contributed by atoms with Crippen LogP contribution >= 0.6 is 0 Å². The molecule has 4 rings (SSSR count). The maximum atomic E-state index is 6.13. The minimum absolute atomic E-state index is 0.162. The predicted octanol–water partition coefficient (Wildman–Crippen LogP) is 3.27. The molecule has 1 aromatic heterocycles. The molecule has 3 fully saturated rings. The Labute approximate surface area is 158 Å². The standard InChI is InChI=1S/C21H36N4O/c1-16-5-3-6-19(13-16)25-10-8-18(9-11-25)23-20-7-4-12-26-21(20)17-14-22-24(2)15-17/h14-16,18-21,23H,3-13H2,1-2H3/t16-,19-,20+,21-/m1/s1. The number of hydrogen-bond acceptors (Lipinski definition) is 4. The monoisotopic (exact) mass is 360 g/mol. The van der Waals surface area contributed by atoms with Gasteiger partial charge in [-0.15, -0.1) is 0 Å². The second-order valence-electron chi connectivity index (χ2n) is 8.89. The van der Waals surface area contributed by atoms with E-state index in [9.17, 15) is 0 Å². The van der Waals surface area contributed by atoms with Gasteiger partial charge in [0.15, 0.2) is 0 Å². The molecule has 0 radical (unpaired) electrons. The molecule has 26 heavy (non-hydrogen) atoms. The molecule has 3 heterocycles. The molecule has 0 amide bonds. The van der Waals surface area contributed by atoms with E-state index in [0.717, 1.165) is 25.0 Å². The Balaban J connectivity index is 1.30. The summed E-state index contributed by atoms with van der Waals surface area (Å²) < 4.78 is 8.02. The van der Waals surface area contributed by atoms with E-state index < -0.39 is 0 Å². The summed E-state index contributed by atoms with van der Waals surface area (Å²) in [4.78, 5) is 2.78. The normalized spacial score (nSPS) is 34.8. The van der Waals surface area contributed by atoms with Gasteiger partial charge in [-0.1, -0.05) is 19.8 Å². The Bertz CT molecular complexity index is 566. The number of ether oxygens (including phenoxy) is 1. The lowest BCUT2D eigenvalue weighted by molar-refractivity contribution is -0.0173. The molecule has 1 aliphatic carbocycles. The summed E-state index contributed by atoms with van der Waals surface area (Å²) in [6.07, 6.45) is 14.9. The maximum Gasteiger partial charge on any atom is 0.101 e. The van der Waals surface area contributed by atoms with Crippen LogP contribution in [0.15, 0.2) is 12.4 Å². The Morgan fingerprint density at radius 2 is 1.96 bits per heavy atom. The van der Waals surface area contributed by atoms with E-state index in [4.69, 9.17) is 4.74 Å². The number of nitrogens with zero attached hydrogens (tertiary/aromatic N) is 3. The van der Waals surface area contributed by atoms with Crippen LogP contribution in [0.2, 0.25) is 0 Å². The van der Waals surface area contributed by atoms with Gasteiger partial charge in [-0.2, -0.15) is 5.10 Å². The van der Waals surface area contributed by atoms with Gasteiger partial charge in [0, 0.05) is 43.5 Å². The third-order valence-electron chi connectivity index (χ3n) is 6.78. The number of nitrogens with one attached hydrogen (secondary N) is 1. The number of aryl methyl sites for hydroxylation is 1. The molecular weight excluding hydrogens is 324 g/mol. The van der Waals surface area contributed by atoms with Crippen LogP contribution in [0.1, 0.15) is 70.0 Å². The van der Waals surface area contributed by atoms with Crippen LogP contribution in [0.3, 0.4) is 0 Å². The van der Waals surface area contributed by atoms with Crippen molar-refractivity contribution in [2.24, 2.45) is 13.0 Å². The lowest BCUT2D eigenvalue weighted by Gasteiger charge is -2.42. The van der Waals surface area contributed by atoms with Gasteiger partial charge in [0.25, 0.3) is 0 Å². The highest BCUT2D eigenvalue weighted by molar-refractivity contribution is 5.12. The molecule has 2 aliphatic heterocycles. The Hall–Kier alpha value is -0.910. The summed E-state index contributed by atoms with van der Waals surface area (Å²) in [6.45, 7) is 5.83. The lowest BCUT2D eigenvalue weighted by atomic mass is 9.85. The van der Waals surface area contributed by atoms with E-state index in [-0.39, 0.29) is 6.10 Å². The van der Waals surface area contributed by atoms with E-state index in [2.05, 4.69) is 28.4 Å². The van der Waals surface area contributed by atoms with Crippen molar-refractivity contribution in [1.82, 2.24) is 20.0 Å². The van der Waals surface area contributed by atoms with Crippen LogP contribution < -0.4 is 5.32 Å². The Kier molecular flexibility index (Phi) is 5.97. The number of hydrogen-bond donors (Lipinski definition) is 1. The predicted molar refractivity (Wildman–Crippen MR) is 104 cm³/mol. The molecule has 5 heteroatoms. The largest absolute Gasteiger partial charge is 0.372 e. The zero-order chi connectivity index (χ0) is 17.9. The molecule has 1 N–H and O–H groups in total. The molecule has 0 aromatic carbocycles. The molecule has 0 spiro atoms. The van der Waals surface area contributed by atoms with Crippen molar-refractivity contribution in [2.45, 2.75) is 82.5 Å². The van der Waals surface area contributed by atoms with Crippen LogP contribution in [0.4, 0.5) is 0 Å². The Morgan fingerprint density at radius 3 is 2.69 bits per heavy atom. The highest BCUT2D eigenvalue weighted by Crippen LogP contribution is 2.31. The maximum absolute atomic E-state index is 6.13. The van der Waals surface area contributed by atoms with Crippen LogP contribution in [-0.4, -0.2) is 52.5 Å². The first-order valence-corrected chi connectivity index (χ1v) is 10.8. The van der Waals surface area contributed by atoms with Gasteiger partial charge in [-0.05, 0) is 57.5 Å². The summed E-state index contributed by atoms with van der Waals surface area (Å²) in [5.74, 6) is 0.921. The van der Waals surface area contributed by atoms with Crippen molar-refractivity contribution >= 4 is 0 Å². The van der Waals surface area contributed by atoms with Crippen molar-refractivity contribution in [3.05, 3.63) is 18.0 Å². The summed E-state index contributed by atoms with van der Waals surface area (Å²) >= 11 is 0. The number of aromatic nitrogens is 2. The second-order valence-corrected chi connectivity index (χ2v) is 8.89. The van der Waals surface area contributed by atoms with Crippen molar-refractivity contribution in [3.63, 3.8) is 0 Å². The van der Waals surface area contributed by atoms with E-state index in [1.165, 1.54) is 63.6 Å². The summed E-state index contributed by atoms with van der Waals surface area (Å²) in [6, 6.07) is 1.91. The van der Waals surface area contributed by atoms with Crippen molar-refractivity contribution in [2.75, 3.05) is 19.7 Å². The van der Waals surface area contributed by atoms with E-state index in [1.807, 2.05) is 17.9 Å². The van der Waals surface area contributed by atoms with E-state index in [0.29, 0.717) is 12.1 Å². The minimum atomic E-state index is 0.162. The van der Waals surface area contributed by atoms with Gasteiger partial charge < -0.3 is 15.0 Å². The molecule has 146 valence electrons. The molecule has 5 nitrogen and oxygen atoms in total. The van der Waals surface area contributed by atoms with Crippen LogP contribution in [0.25, 0.3) is 0 Å².